The van der Waals surface area contributed by atoms with Gasteiger partial charge >= 0.3 is 0 Å². The molecule has 0 radical (unpaired) electrons. The molecule has 0 fully saturated rings. The molecule has 0 aliphatic carbocycles. The van der Waals surface area contributed by atoms with Gasteiger partial charge in [0.25, 0.3) is 0 Å². The van der Waals surface area contributed by atoms with Crippen molar-refractivity contribution in [3.63, 3.8) is 0 Å². The predicted molar refractivity (Wildman–Crippen MR) is 78.2 cm³/mol. The largest absolute Gasteiger partial charge is 0.346 e. The SMILES string of the molecule is CSc1ccc(N2C=C3SCN=C3CC2)cc1. The summed E-state index contributed by atoms with van der Waals surface area (Å²) in [6.07, 6.45) is 5.42. The fourth-order valence-electron chi connectivity index (χ4n) is 2.06. The third-order valence-electron chi connectivity index (χ3n) is 3.03. The number of fused-ring (bicyclic) bond motifs is 1. The summed E-state index contributed by atoms with van der Waals surface area (Å²) in [5.41, 5.74) is 2.58. The lowest BCUT2D eigenvalue weighted by Gasteiger charge is -2.25. The molecule has 0 bridgehead atoms. The van der Waals surface area contributed by atoms with Crippen molar-refractivity contribution >= 4 is 34.9 Å². The van der Waals surface area contributed by atoms with Gasteiger partial charge in [-0.2, -0.15) is 0 Å². The van der Waals surface area contributed by atoms with E-state index < -0.39 is 0 Å². The molecule has 0 saturated heterocycles. The molecule has 0 aromatic heterocycles. The van der Waals surface area contributed by atoms with E-state index >= 15 is 0 Å². The molecule has 2 nitrogen and oxygen atoms in total. The molecule has 17 heavy (non-hydrogen) atoms. The van der Waals surface area contributed by atoms with E-state index in [0.29, 0.717) is 0 Å². The Bertz CT molecular complexity index is 477. The monoisotopic (exact) mass is 262 g/mol. The molecule has 1 aromatic rings. The number of aliphatic imine (C=N–C) groups is 1. The first kappa shape index (κ1) is 11.2. The Kier molecular flexibility index (Phi) is 3.16. The molecule has 4 heteroatoms. The molecular formula is C13H14N2S2. The number of allylic oxidation sites excluding steroid dienone is 1. The Labute approximate surface area is 110 Å². The van der Waals surface area contributed by atoms with Crippen LogP contribution in [-0.4, -0.2) is 24.4 Å². The highest BCUT2D eigenvalue weighted by molar-refractivity contribution is 8.04. The van der Waals surface area contributed by atoms with Crippen LogP contribution in [0.3, 0.4) is 0 Å². The summed E-state index contributed by atoms with van der Waals surface area (Å²) in [6, 6.07) is 8.77. The van der Waals surface area contributed by atoms with E-state index in [-0.39, 0.29) is 0 Å². The topological polar surface area (TPSA) is 15.6 Å². The van der Waals surface area contributed by atoms with Crippen LogP contribution >= 0.6 is 23.5 Å². The van der Waals surface area contributed by atoms with Gasteiger partial charge in [-0.1, -0.05) is 11.8 Å². The summed E-state index contributed by atoms with van der Waals surface area (Å²) >= 11 is 3.63. The fraction of sp³-hybridized carbons (Fsp3) is 0.308. The van der Waals surface area contributed by atoms with Gasteiger partial charge in [0.15, 0.2) is 0 Å². The lowest BCUT2D eigenvalue weighted by atomic mass is 10.1. The van der Waals surface area contributed by atoms with E-state index in [1.807, 2.05) is 11.8 Å². The van der Waals surface area contributed by atoms with Crippen molar-refractivity contribution < 1.29 is 0 Å². The number of benzene rings is 1. The first-order valence-corrected chi connectivity index (χ1v) is 7.87. The maximum atomic E-state index is 4.49. The zero-order valence-corrected chi connectivity index (χ0v) is 11.4. The Morgan fingerprint density at radius 1 is 1.29 bits per heavy atom. The maximum Gasteiger partial charge on any atom is 0.0895 e. The zero-order chi connectivity index (χ0) is 11.7. The summed E-state index contributed by atoms with van der Waals surface area (Å²) < 4.78 is 0. The molecule has 1 aromatic carbocycles. The van der Waals surface area contributed by atoms with Gasteiger partial charge in [-0.05, 0) is 30.5 Å². The highest BCUT2D eigenvalue weighted by Crippen LogP contribution is 2.32. The van der Waals surface area contributed by atoms with E-state index in [1.54, 1.807) is 11.8 Å². The van der Waals surface area contributed by atoms with Gasteiger partial charge in [0.2, 0.25) is 0 Å². The number of nitrogens with zero attached hydrogens (tertiary/aromatic N) is 2. The maximum absolute atomic E-state index is 4.49. The first-order valence-electron chi connectivity index (χ1n) is 5.66. The van der Waals surface area contributed by atoms with Gasteiger partial charge in [-0.15, -0.1) is 11.8 Å². The normalized spacial score (nSPS) is 18.8. The smallest absolute Gasteiger partial charge is 0.0895 e. The summed E-state index contributed by atoms with van der Waals surface area (Å²) in [7, 11) is 0. The van der Waals surface area contributed by atoms with Gasteiger partial charge in [0, 0.05) is 34.7 Å². The van der Waals surface area contributed by atoms with Crippen molar-refractivity contribution in [3.8, 4) is 0 Å². The van der Waals surface area contributed by atoms with Crippen molar-refractivity contribution in [2.45, 2.75) is 11.3 Å². The quantitative estimate of drug-likeness (QED) is 0.757. The van der Waals surface area contributed by atoms with Gasteiger partial charge < -0.3 is 4.90 Å². The van der Waals surface area contributed by atoms with Crippen molar-refractivity contribution in [1.82, 2.24) is 0 Å². The van der Waals surface area contributed by atoms with Gasteiger partial charge in [-0.25, -0.2) is 0 Å². The number of hydrogen-bond acceptors (Lipinski definition) is 4. The van der Waals surface area contributed by atoms with Crippen molar-refractivity contribution in [3.05, 3.63) is 35.4 Å². The van der Waals surface area contributed by atoms with Crippen LogP contribution in [0, 0.1) is 0 Å². The minimum atomic E-state index is 0.903. The van der Waals surface area contributed by atoms with Crippen LogP contribution in [0.4, 0.5) is 5.69 Å². The van der Waals surface area contributed by atoms with Crippen molar-refractivity contribution in [1.29, 1.82) is 0 Å². The minimum Gasteiger partial charge on any atom is -0.346 e. The summed E-state index contributed by atoms with van der Waals surface area (Å²) in [5, 5.41) is 0. The molecule has 0 N–H and O–H groups in total. The number of thioether (sulfide) groups is 2. The molecule has 0 saturated carbocycles. The van der Waals surface area contributed by atoms with E-state index in [9.17, 15) is 0 Å². The Morgan fingerprint density at radius 2 is 2.12 bits per heavy atom. The van der Waals surface area contributed by atoms with Crippen molar-refractivity contribution in [2.75, 3.05) is 23.6 Å². The van der Waals surface area contributed by atoms with Crippen LogP contribution in [0.25, 0.3) is 0 Å². The van der Waals surface area contributed by atoms with E-state index in [4.69, 9.17) is 0 Å². The summed E-state index contributed by atoms with van der Waals surface area (Å²) in [5.74, 6) is 0.903. The average Bonchev–Trinajstić information content (AvgIpc) is 2.86. The second-order valence-corrected chi connectivity index (χ2v) is 5.88. The highest BCUT2D eigenvalue weighted by atomic mass is 32.2. The minimum absolute atomic E-state index is 0.903. The standard InChI is InChI=1S/C13H14N2S2/c1-16-11-4-2-10(3-5-11)15-7-6-12-13(8-15)17-9-14-12/h2-5,8H,6-7,9H2,1H3. The first-order chi connectivity index (χ1) is 8.36. The summed E-state index contributed by atoms with van der Waals surface area (Å²) in [4.78, 5) is 9.49. The Hall–Kier alpha value is -0.870. The lowest BCUT2D eigenvalue weighted by Crippen LogP contribution is -2.25. The van der Waals surface area contributed by atoms with E-state index in [1.165, 1.54) is 21.2 Å². The highest BCUT2D eigenvalue weighted by Gasteiger charge is 2.21. The number of anilines is 1. The van der Waals surface area contributed by atoms with Crippen LogP contribution in [0.5, 0.6) is 0 Å². The Morgan fingerprint density at radius 3 is 2.88 bits per heavy atom. The molecule has 0 amide bonds. The number of rotatable bonds is 2. The molecular weight excluding hydrogens is 248 g/mol. The lowest BCUT2D eigenvalue weighted by molar-refractivity contribution is 0.938. The molecule has 2 aliphatic rings. The van der Waals surface area contributed by atoms with Crippen LogP contribution in [0.2, 0.25) is 0 Å². The molecule has 2 heterocycles. The second-order valence-electron chi connectivity index (χ2n) is 4.01. The fourth-order valence-corrected chi connectivity index (χ4v) is 3.37. The third kappa shape index (κ3) is 2.24. The average molecular weight is 262 g/mol. The molecule has 2 aliphatic heterocycles. The molecule has 88 valence electrons. The van der Waals surface area contributed by atoms with Gasteiger partial charge in [-0.3, -0.25) is 4.99 Å². The van der Waals surface area contributed by atoms with Crippen LogP contribution in [0.1, 0.15) is 6.42 Å². The van der Waals surface area contributed by atoms with Crippen LogP contribution in [-0.2, 0) is 0 Å². The van der Waals surface area contributed by atoms with Crippen LogP contribution in [0.15, 0.2) is 45.3 Å². The third-order valence-corrected chi connectivity index (χ3v) is 4.68. The molecule has 0 atom stereocenters. The number of hydrogen-bond donors (Lipinski definition) is 0. The van der Waals surface area contributed by atoms with Gasteiger partial charge in [0.1, 0.15) is 0 Å². The predicted octanol–water partition coefficient (Wildman–Crippen LogP) is 3.61. The van der Waals surface area contributed by atoms with Crippen LogP contribution < -0.4 is 4.90 Å². The van der Waals surface area contributed by atoms with Crippen molar-refractivity contribution in [2.24, 2.45) is 4.99 Å². The zero-order valence-electron chi connectivity index (χ0n) is 9.72. The van der Waals surface area contributed by atoms with E-state index in [2.05, 4.69) is 46.6 Å². The summed E-state index contributed by atoms with van der Waals surface area (Å²) in [6.45, 7) is 1.04. The molecule has 0 unspecified atom stereocenters. The second kappa shape index (κ2) is 4.78. The molecule has 3 rings (SSSR count). The Balaban J connectivity index is 1.85. The molecule has 0 spiro atoms. The van der Waals surface area contributed by atoms with Gasteiger partial charge in [0.05, 0.1) is 11.6 Å². The van der Waals surface area contributed by atoms with E-state index in [0.717, 1.165) is 18.8 Å².